The van der Waals surface area contributed by atoms with Gasteiger partial charge in [0.2, 0.25) is 11.5 Å². The van der Waals surface area contributed by atoms with E-state index in [4.69, 9.17) is 18.6 Å². The maximum absolute atomic E-state index is 11.5. The average Bonchev–Trinajstić information content (AvgIpc) is 3.41. The molecule has 0 radical (unpaired) electrons. The van der Waals surface area contributed by atoms with Crippen LogP contribution in [0.15, 0.2) is 28.7 Å². The predicted molar refractivity (Wildman–Crippen MR) is 104 cm³/mol. The first-order chi connectivity index (χ1) is 14.0. The van der Waals surface area contributed by atoms with Crippen LogP contribution >= 0.6 is 11.8 Å². The summed E-state index contributed by atoms with van der Waals surface area (Å²) in [4.78, 5) is 22.7. The van der Waals surface area contributed by atoms with Crippen LogP contribution in [0.25, 0.3) is 0 Å². The molecule has 1 aliphatic heterocycles. The summed E-state index contributed by atoms with van der Waals surface area (Å²) in [6.45, 7) is 0.0422. The molecule has 9 nitrogen and oxygen atoms in total. The zero-order chi connectivity index (χ0) is 21.0. The lowest BCUT2D eigenvalue weighted by atomic mass is 10.1. The first-order valence-corrected chi connectivity index (χ1v) is 9.68. The molecule has 0 unspecified atom stereocenters. The molecule has 0 amide bonds. The summed E-state index contributed by atoms with van der Waals surface area (Å²) in [5.41, 5.74) is 0.811. The summed E-state index contributed by atoms with van der Waals surface area (Å²) in [5.74, 6) is 0.742. The fraction of sp³-hybridized carbons (Fsp3) is 0.368. The van der Waals surface area contributed by atoms with Crippen LogP contribution in [-0.2, 0) is 16.1 Å². The van der Waals surface area contributed by atoms with E-state index in [1.54, 1.807) is 18.2 Å². The standard InChI is InChI=1S/C19H21NO8S/c1-24-14-6-10(17-20-12(9-29-17)18(21)22)7-15(25-2)16(14)27-8-11-4-5-13(28-11)19(23)26-3/h4-7,12,17,20H,8-9H2,1-3H3,(H,21,22)/t12-,17+/m0/s1. The molecule has 1 aliphatic rings. The van der Waals surface area contributed by atoms with Crippen molar-refractivity contribution in [3.63, 3.8) is 0 Å². The number of hydrogen-bond acceptors (Lipinski definition) is 9. The van der Waals surface area contributed by atoms with Crippen molar-refractivity contribution in [3.05, 3.63) is 41.3 Å². The molecule has 10 heteroatoms. The Morgan fingerprint density at radius 2 is 1.90 bits per heavy atom. The van der Waals surface area contributed by atoms with Crippen molar-refractivity contribution in [2.24, 2.45) is 0 Å². The maximum atomic E-state index is 11.5. The zero-order valence-electron chi connectivity index (χ0n) is 16.1. The van der Waals surface area contributed by atoms with E-state index in [9.17, 15) is 14.7 Å². The van der Waals surface area contributed by atoms with Gasteiger partial charge in [-0.25, -0.2) is 4.79 Å². The van der Waals surface area contributed by atoms with Crippen LogP contribution in [0.5, 0.6) is 17.2 Å². The smallest absolute Gasteiger partial charge is 0.373 e. The average molecular weight is 423 g/mol. The minimum absolute atomic E-state index is 0.0422. The minimum Gasteiger partial charge on any atom is -0.493 e. The zero-order valence-corrected chi connectivity index (χ0v) is 16.9. The van der Waals surface area contributed by atoms with Crippen molar-refractivity contribution in [1.82, 2.24) is 5.32 Å². The Hall–Kier alpha value is -2.85. The van der Waals surface area contributed by atoms with Crippen LogP contribution < -0.4 is 19.5 Å². The van der Waals surface area contributed by atoms with E-state index in [1.165, 1.54) is 39.2 Å². The number of methoxy groups -OCH3 is 3. The van der Waals surface area contributed by atoms with E-state index in [0.29, 0.717) is 28.8 Å². The summed E-state index contributed by atoms with van der Waals surface area (Å²) in [7, 11) is 4.28. The van der Waals surface area contributed by atoms with Crippen LogP contribution in [0.2, 0.25) is 0 Å². The summed E-state index contributed by atoms with van der Waals surface area (Å²) in [6, 6.07) is 6.05. The number of furan rings is 1. The summed E-state index contributed by atoms with van der Waals surface area (Å²) in [5, 5.41) is 12.0. The Bertz CT molecular complexity index is 871. The summed E-state index contributed by atoms with van der Waals surface area (Å²) >= 11 is 1.49. The normalized spacial score (nSPS) is 18.3. The molecule has 2 heterocycles. The van der Waals surface area contributed by atoms with E-state index in [2.05, 4.69) is 10.1 Å². The lowest BCUT2D eigenvalue weighted by molar-refractivity contribution is -0.138. The van der Waals surface area contributed by atoms with Crippen molar-refractivity contribution < 1.29 is 38.1 Å². The Balaban J connectivity index is 1.79. The molecule has 2 atom stereocenters. The molecule has 1 aromatic heterocycles. The summed E-state index contributed by atoms with van der Waals surface area (Å²) in [6.07, 6.45) is 0. The number of benzene rings is 1. The van der Waals surface area contributed by atoms with Crippen molar-refractivity contribution in [3.8, 4) is 17.2 Å². The fourth-order valence-corrected chi connectivity index (χ4v) is 4.02. The number of aliphatic carboxylic acids is 1. The third-order valence-corrected chi connectivity index (χ3v) is 5.54. The van der Waals surface area contributed by atoms with Gasteiger partial charge in [0.15, 0.2) is 11.5 Å². The van der Waals surface area contributed by atoms with Gasteiger partial charge in [-0.05, 0) is 29.8 Å². The van der Waals surface area contributed by atoms with Gasteiger partial charge >= 0.3 is 11.9 Å². The third kappa shape index (κ3) is 4.60. The van der Waals surface area contributed by atoms with Crippen LogP contribution in [-0.4, -0.2) is 50.2 Å². The van der Waals surface area contributed by atoms with Crippen LogP contribution in [0, 0.1) is 0 Å². The Labute approximate surface area is 171 Å². The second-order valence-electron chi connectivity index (χ2n) is 6.07. The second kappa shape index (κ2) is 9.10. The molecule has 3 rings (SSSR count). The number of carbonyl (C=O) groups is 2. The summed E-state index contributed by atoms with van der Waals surface area (Å²) < 4.78 is 26.7. The lowest BCUT2D eigenvalue weighted by Crippen LogP contribution is -2.33. The van der Waals surface area contributed by atoms with Crippen molar-refractivity contribution >= 4 is 23.7 Å². The van der Waals surface area contributed by atoms with Crippen molar-refractivity contribution in [2.45, 2.75) is 18.0 Å². The first kappa shape index (κ1) is 20.9. The van der Waals surface area contributed by atoms with Gasteiger partial charge < -0.3 is 28.5 Å². The molecule has 2 aromatic rings. The number of carboxylic acid groups (broad SMARTS) is 1. The molecule has 0 saturated carbocycles. The van der Waals surface area contributed by atoms with Crippen molar-refractivity contribution in [2.75, 3.05) is 27.1 Å². The molecule has 2 N–H and O–H groups in total. The highest BCUT2D eigenvalue weighted by molar-refractivity contribution is 7.99. The highest BCUT2D eigenvalue weighted by Crippen LogP contribution is 2.43. The minimum atomic E-state index is -0.886. The van der Waals surface area contributed by atoms with Gasteiger partial charge in [0.25, 0.3) is 0 Å². The molecular formula is C19H21NO8S. The highest BCUT2D eigenvalue weighted by atomic mass is 32.2. The second-order valence-corrected chi connectivity index (χ2v) is 7.21. The fourth-order valence-electron chi connectivity index (χ4n) is 2.81. The number of rotatable bonds is 8. The van der Waals surface area contributed by atoms with E-state index in [0.717, 1.165) is 5.56 Å². The number of nitrogens with one attached hydrogen (secondary N) is 1. The number of thioether (sulfide) groups is 1. The monoisotopic (exact) mass is 423 g/mol. The molecule has 29 heavy (non-hydrogen) atoms. The maximum Gasteiger partial charge on any atom is 0.373 e. The van der Waals surface area contributed by atoms with E-state index in [1.807, 2.05) is 0 Å². The van der Waals surface area contributed by atoms with Gasteiger partial charge in [0.1, 0.15) is 18.4 Å². The van der Waals surface area contributed by atoms with E-state index in [-0.39, 0.29) is 17.7 Å². The van der Waals surface area contributed by atoms with Gasteiger partial charge in [-0.1, -0.05) is 0 Å². The molecule has 0 spiro atoms. The molecule has 0 aliphatic carbocycles. The molecule has 156 valence electrons. The lowest BCUT2D eigenvalue weighted by Gasteiger charge is -2.18. The molecule has 1 fully saturated rings. The van der Waals surface area contributed by atoms with Gasteiger partial charge in [-0.2, -0.15) is 0 Å². The highest BCUT2D eigenvalue weighted by Gasteiger charge is 2.31. The molecule has 1 aromatic carbocycles. The van der Waals surface area contributed by atoms with Crippen LogP contribution in [0.1, 0.15) is 27.3 Å². The van der Waals surface area contributed by atoms with Gasteiger partial charge in [-0.15, -0.1) is 11.8 Å². The third-order valence-electron chi connectivity index (χ3n) is 4.27. The van der Waals surface area contributed by atoms with Gasteiger partial charge in [0.05, 0.1) is 26.7 Å². The van der Waals surface area contributed by atoms with Gasteiger partial charge in [-0.3, -0.25) is 10.1 Å². The molecule has 0 bridgehead atoms. The van der Waals surface area contributed by atoms with Gasteiger partial charge in [0, 0.05) is 5.75 Å². The van der Waals surface area contributed by atoms with E-state index >= 15 is 0 Å². The van der Waals surface area contributed by atoms with Crippen LogP contribution in [0.3, 0.4) is 0 Å². The van der Waals surface area contributed by atoms with E-state index < -0.39 is 18.0 Å². The number of carboxylic acids is 1. The Morgan fingerprint density at radius 3 is 2.45 bits per heavy atom. The topological polar surface area (TPSA) is 116 Å². The Morgan fingerprint density at radius 1 is 1.21 bits per heavy atom. The number of ether oxygens (including phenoxy) is 4. The number of esters is 1. The number of carbonyl (C=O) groups excluding carboxylic acids is 1. The van der Waals surface area contributed by atoms with Crippen molar-refractivity contribution in [1.29, 1.82) is 0 Å². The largest absolute Gasteiger partial charge is 0.493 e. The predicted octanol–water partition coefficient (Wildman–Crippen LogP) is 2.45. The molecule has 1 saturated heterocycles. The quantitative estimate of drug-likeness (QED) is 0.613. The number of hydrogen-bond donors (Lipinski definition) is 2. The SMILES string of the molecule is COC(=O)c1ccc(COc2c(OC)cc([C@@H]3N[C@H](C(=O)O)CS3)cc2OC)o1. The first-order valence-electron chi connectivity index (χ1n) is 8.63. The Kier molecular flexibility index (Phi) is 6.55. The molecular weight excluding hydrogens is 402 g/mol. The van der Waals surface area contributed by atoms with Crippen LogP contribution in [0.4, 0.5) is 0 Å².